The topological polar surface area (TPSA) is 34.1 Å². The van der Waals surface area contributed by atoms with Crippen LogP contribution in [0.15, 0.2) is 0 Å². The lowest BCUT2D eigenvalue weighted by molar-refractivity contribution is -0.161. The van der Waals surface area contributed by atoms with Crippen molar-refractivity contribution in [1.82, 2.24) is 0 Å². The lowest BCUT2D eigenvalue weighted by Gasteiger charge is -2.56. The Morgan fingerprint density at radius 2 is 2.00 bits per heavy atom. The number of carbonyl (C=O) groups is 2. The van der Waals surface area contributed by atoms with Gasteiger partial charge in [0.25, 0.3) is 0 Å². The molecule has 0 aromatic heterocycles. The van der Waals surface area contributed by atoms with E-state index in [2.05, 4.69) is 20.8 Å². The van der Waals surface area contributed by atoms with Gasteiger partial charge >= 0.3 is 0 Å². The summed E-state index contributed by atoms with van der Waals surface area (Å²) in [6.07, 6.45) is 3.80. The fourth-order valence-electron chi connectivity index (χ4n) is 3.93. The van der Waals surface area contributed by atoms with Crippen LogP contribution < -0.4 is 0 Å². The van der Waals surface area contributed by atoms with Crippen LogP contribution in [0.1, 0.15) is 53.4 Å². The average molecular weight is 222 g/mol. The van der Waals surface area contributed by atoms with Crippen LogP contribution in [0.2, 0.25) is 0 Å². The number of hydrogen-bond acceptors (Lipinski definition) is 2. The second-order valence-electron chi connectivity index (χ2n) is 6.54. The lowest BCUT2D eigenvalue weighted by Crippen LogP contribution is -2.57. The predicted molar refractivity (Wildman–Crippen MR) is 63.0 cm³/mol. The van der Waals surface area contributed by atoms with Crippen molar-refractivity contribution in [3.05, 3.63) is 0 Å². The molecule has 16 heavy (non-hydrogen) atoms. The van der Waals surface area contributed by atoms with Crippen molar-refractivity contribution >= 4 is 11.6 Å². The summed E-state index contributed by atoms with van der Waals surface area (Å²) in [5.41, 5.74) is -0.399. The second kappa shape index (κ2) is 3.41. The highest BCUT2D eigenvalue weighted by Crippen LogP contribution is 2.59. The van der Waals surface area contributed by atoms with Crippen molar-refractivity contribution < 1.29 is 9.59 Å². The molecule has 2 heteroatoms. The number of ketones is 2. The van der Waals surface area contributed by atoms with E-state index in [1.807, 2.05) is 0 Å². The number of hydrogen-bond donors (Lipinski definition) is 0. The van der Waals surface area contributed by atoms with Gasteiger partial charge in [0.05, 0.1) is 0 Å². The fourth-order valence-corrected chi connectivity index (χ4v) is 3.93. The molecule has 0 heterocycles. The molecule has 3 aliphatic rings. The van der Waals surface area contributed by atoms with E-state index < -0.39 is 0 Å². The van der Waals surface area contributed by atoms with Gasteiger partial charge in [-0.2, -0.15) is 0 Å². The van der Waals surface area contributed by atoms with Crippen LogP contribution in [0.25, 0.3) is 0 Å². The summed E-state index contributed by atoms with van der Waals surface area (Å²) in [4.78, 5) is 23.8. The van der Waals surface area contributed by atoms with E-state index in [4.69, 9.17) is 0 Å². The van der Waals surface area contributed by atoms with Gasteiger partial charge in [-0.25, -0.2) is 0 Å². The van der Waals surface area contributed by atoms with Crippen molar-refractivity contribution in [2.75, 3.05) is 0 Å². The lowest BCUT2D eigenvalue weighted by atomic mass is 9.46. The Morgan fingerprint density at radius 3 is 2.56 bits per heavy atom. The van der Waals surface area contributed by atoms with Gasteiger partial charge in [-0.05, 0) is 38.0 Å². The third-order valence-electron chi connectivity index (χ3n) is 5.14. The van der Waals surface area contributed by atoms with Crippen molar-refractivity contribution in [1.29, 1.82) is 0 Å². The fraction of sp³-hybridized carbons (Fsp3) is 0.857. The SMILES string of the molecule is CC(=O)C[C@@H]1C[C@H]2CC[C@]1(C)C(=O)C2(C)C. The number of carbonyl (C=O) groups excluding carboxylic acids is 2. The molecule has 2 nitrogen and oxygen atoms in total. The van der Waals surface area contributed by atoms with E-state index in [1.54, 1.807) is 6.92 Å². The third-order valence-corrected chi connectivity index (χ3v) is 5.14. The van der Waals surface area contributed by atoms with E-state index in [1.165, 1.54) is 0 Å². The van der Waals surface area contributed by atoms with Crippen molar-refractivity contribution in [2.24, 2.45) is 22.7 Å². The molecule has 90 valence electrons. The number of Topliss-reactive ketones (excluding diaryl/α,β-unsaturated/α-hetero) is 2. The highest BCUT2D eigenvalue weighted by molar-refractivity contribution is 5.92. The van der Waals surface area contributed by atoms with Gasteiger partial charge in [-0.1, -0.05) is 20.8 Å². The van der Waals surface area contributed by atoms with E-state index in [-0.39, 0.29) is 16.6 Å². The summed E-state index contributed by atoms with van der Waals surface area (Å²) in [7, 11) is 0. The highest BCUT2D eigenvalue weighted by atomic mass is 16.1. The summed E-state index contributed by atoms with van der Waals surface area (Å²) in [6.45, 7) is 7.89. The Bertz CT molecular complexity index is 343. The molecule has 0 aromatic carbocycles. The van der Waals surface area contributed by atoms with E-state index in [0.29, 0.717) is 24.0 Å². The molecule has 3 rings (SSSR count). The van der Waals surface area contributed by atoms with Gasteiger partial charge in [0.15, 0.2) is 0 Å². The van der Waals surface area contributed by atoms with Gasteiger partial charge in [-0.3, -0.25) is 4.79 Å². The Balaban J connectivity index is 2.31. The zero-order valence-electron chi connectivity index (χ0n) is 10.8. The zero-order chi connectivity index (χ0) is 12.1. The first-order chi connectivity index (χ1) is 7.28. The summed E-state index contributed by atoms with van der Waals surface area (Å²) >= 11 is 0. The number of rotatable bonds is 2. The average Bonchev–Trinajstić information content (AvgIpc) is 2.17. The predicted octanol–water partition coefficient (Wildman–Crippen LogP) is 3.00. The minimum Gasteiger partial charge on any atom is -0.300 e. The van der Waals surface area contributed by atoms with Gasteiger partial charge in [0, 0.05) is 17.3 Å². The van der Waals surface area contributed by atoms with Crippen LogP contribution in [0.4, 0.5) is 0 Å². The Hall–Kier alpha value is -0.660. The Kier molecular flexibility index (Phi) is 2.52. The molecule has 0 radical (unpaired) electrons. The first kappa shape index (κ1) is 11.8. The van der Waals surface area contributed by atoms with Crippen LogP contribution in [0, 0.1) is 22.7 Å². The molecule has 3 saturated carbocycles. The molecular formula is C14H22O2. The van der Waals surface area contributed by atoms with E-state index >= 15 is 0 Å². The minimum absolute atomic E-state index is 0.166. The molecule has 0 aliphatic heterocycles. The van der Waals surface area contributed by atoms with E-state index in [9.17, 15) is 9.59 Å². The third kappa shape index (κ3) is 1.46. The molecule has 3 aliphatic carbocycles. The summed E-state index contributed by atoms with van der Waals surface area (Å²) in [6, 6.07) is 0. The standard InChI is InChI=1S/C14H22O2/c1-9(15)7-11-8-10-5-6-14(11,4)12(16)13(10,2)3/h10-11H,5-8H2,1-4H3/t10-,11-,14+/m1/s1. The minimum atomic E-state index is -0.232. The summed E-state index contributed by atoms with van der Waals surface area (Å²) < 4.78 is 0. The van der Waals surface area contributed by atoms with Crippen LogP contribution in [0.5, 0.6) is 0 Å². The van der Waals surface area contributed by atoms with Crippen molar-refractivity contribution in [2.45, 2.75) is 53.4 Å². The van der Waals surface area contributed by atoms with Crippen molar-refractivity contribution in [3.8, 4) is 0 Å². The maximum atomic E-state index is 12.5. The largest absolute Gasteiger partial charge is 0.300 e. The Morgan fingerprint density at radius 1 is 1.38 bits per heavy atom. The quantitative estimate of drug-likeness (QED) is 0.719. The summed E-state index contributed by atoms with van der Waals surface area (Å²) in [5.74, 6) is 1.41. The molecule has 2 bridgehead atoms. The molecule has 0 amide bonds. The van der Waals surface area contributed by atoms with Crippen LogP contribution in [0.3, 0.4) is 0 Å². The van der Waals surface area contributed by atoms with Crippen molar-refractivity contribution in [3.63, 3.8) is 0 Å². The Labute approximate surface area is 97.8 Å². The highest BCUT2D eigenvalue weighted by Gasteiger charge is 2.58. The molecular weight excluding hydrogens is 200 g/mol. The molecule has 3 atom stereocenters. The molecule has 0 N–H and O–H groups in total. The van der Waals surface area contributed by atoms with Gasteiger partial charge in [-0.15, -0.1) is 0 Å². The molecule has 0 unspecified atom stereocenters. The normalized spacial score (nSPS) is 41.1. The molecule has 0 aromatic rings. The zero-order valence-corrected chi connectivity index (χ0v) is 10.8. The monoisotopic (exact) mass is 222 g/mol. The number of fused-ring (bicyclic) bond motifs is 3. The maximum Gasteiger partial charge on any atom is 0.144 e. The smallest absolute Gasteiger partial charge is 0.144 e. The second-order valence-corrected chi connectivity index (χ2v) is 6.54. The van der Waals surface area contributed by atoms with Crippen LogP contribution in [-0.4, -0.2) is 11.6 Å². The molecule has 0 saturated heterocycles. The molecule has 0 spiro atoms. The van der Waals surface area contributed by atoms with Gasteiger partial charge in [0.2, 0.25) is 0 Å². The summed E-state index contributed by atoms with van der Waals surface area (Å²) in [5, 5.41) is 0. The van der Waals surface area contributed by atoms with Gasteiger partial charge < -0.3 is 4.79 Å². The maximum absolute atomic E-state index is 12.5. The first-order valence-corrected chi connectivity index (χ1v) is 6.33. The molecule has 3 fully saturated rings. The van der Waals surface area contributed by atoms with Crippen LogP contribution in [-0.2, 0) is 9.59 Å². The van der Waals surface area contributed by atoms with Gasteiger partial charge in [0.1, 0.15) is 11.6 Å². The van der Waals surface area contributed by atoms with Crippen LogP contribution >= 0.6 is 0 Å². The van der Waals surface area contributed by atoms with E-state index in [0.717, 1.165) is 19.3 Å². The first-order valence-electron chi connectivity index (χ1n) is 6.33.